The lowest BCUT2D eigenvalue weighted by molar-refractivity contribution is 0.209. The highest BCUT2D eigenvalue weighted by Gasteiger charge is 2.05. The van der Waals surface area contributed by atoms with Gasteiger partial charge in [0.05, 0.1) is 0 Å². The number of amides is 1. The van der Waals surface area contributed by atoms with Crippen molar-refractivity contribution in [2.45, 2.75) is 6.92 Å². The lowest BCUT2D eigenvalue weighted by atomic mass is 10.1. The fraction of sp³-hybridized carbons (Fsp3) is 0.100. The van der Waals surface area contributed by atoms with E-state index in [-0.39, 0.29) is 0 Å². The Labute approximate surface area is 104 Å². The van der Waals surface area contributed by atoms with E-state index < -0.39 is 6.09 Å². The molecular weight excluding hydrogens is 326 g/mol. The summed E-state index contributed by atoms with van der Waals surface area (Å²) >= 11 is 6.58. The number of rotatable bonds is 2. The van der Waals surface area contributed by atoms with E-state index in [1.807, 2.05) is 19.1 Å². The van der Waals surface area contributed by atoms with Gasteiger partial charge < -0.3 is 5.11 Å². The second-order valence-electron chi connectivity index (χ2n) is 2.91. The average Bonchev–Trinajstić information content (AvgIpc) is 2.12. The molecule has 1 aromatic carbocycles. The average molecular weight is 335 g/mol. The highest BCUT2D eigenvalue weighted by Crippen LogP contribution is 2.26. The third kappa shape index (κ3) is 3.35. The number of anilines is 1. The highest BCUT2D eigenvalue weighted by atomic mass is 79.9. The SMILES string of the molecule is Cc1cc(Br)c(/C=C\Br)cc1NC(=O)O. The molecule has 0 bridgehead atoms. The van der Waals surface area contributed by atoms with Crippen LogP contribution in [0, 0.1) is 6.92 Å². The summed E-state index contributed by atoms with van der Waals surface area (Å²) in [4.78, 5) is 12.2. The molecule has 1 aromatic rings. The van der Waals surface area contributed by atoms with Gasteiger partial charge >= 0.3 is 6.09 Å². The standard InChI is InChI=1S/C10H9Br2NO2/c1-6-4-8(12)7(2-3-11)5-9(6)13-10(14)15/h2-5,13H,1H3,(H,14,15)/b3-2-. The van der Waals surface area contributed by atoms with E-state index in [1.165, 1.54) is 0 Å². The van der Waals surface area contributed by atoms with Crippen LogP contribution in [0.15, 0.2) is 21.6 Å². The minimum atomic E-state index is -1.06. The van der Waals surface area contributed by atoms with Crippen LogP contribution in [0.5, 0.6) is 0 Å². The van der Waals surface area contributed by atoms with Crippen molar-refractivity contribution in [3.05, 3.63) is 32.7 Å². The molecule has 2 N–H and O–H groups in total. The molecule has 3 nitrogen and oxygen atoms in total. The van der Waals surface area contributed by atoms with Crippen LogP contribution < -0.4 is 5.32 Å². The Morgan fingerprint density at radius 2 is 2.20 bits per heavy atom. The number of halogens is 2. The summed E-state index contributed by atoms with van der Waals surface area (Å²) in [5.41, 5.74) is 2.36. The van der Waals surface area contributed by atoms with E-state index in [0.29, 0.717) is 5.69 Å². The van der Waals surface area contributed by atoms with Gasteiger partial charge in [-0.2, -0.15) is 0 Å². The summed E-state index contributed by atoms with van der Waals surface area (Å²) in [6, 6.07) is 3.64. The van der Waals surface area contributed by atoms with Gasteiger partial charge in [0.25, 0.3) is 0 Å². The van der Waals surface area contributed by atoms with Crippen molar-refractivity contribution >= 4 is 49.7 Å². The third-order valence-electron chi connectivity index (χ3n) is 1.83. The predicted octanol–water partition coefficient (Wildman–Crippen LogP) is 4.21. The van der Waals surface area contributed by atoms with Crippen molar-refractivity contribution < 1.29 is 9.90 Å². The molecule has 5 heteroatoms. The van der Waals surface area contributed by atoms with Crippen LogP contribution in [0.4, 0.5) is 10.5 Å². The van der Waals surface area contributed by atoms with Crippen LogP contribution in [-0.4, -0.2) is 11.2 Å². The van der Waals surface area contributed by atoms with Crippen LogP contribution in [0.25, 0.3) is 6.08 Å². The predicted molar refractivity (Wildman–Crippen MR) is 68.5 cm³/mol. The van der Waals surface area contributed by atoms with Crippen molar-refractivity contribution in [1.82, 2.24) is 0 Å². The molecule has 0 saturated carbocycles. The highest BCUT2D eigenvalue weighted by molar-refractivity contribution is 9.11. The maximum atomic E-state index is 10.5. The van der Waals surface area contributed by atoms with Gasteiger partial charge in [0, 0.05) is 10.2 Å². The normalized spacial score (nSPS) is 10.6. The molecule has 0 fully saturated rings. The molecule has 1 amide bonds. The van der Waals surface area contributed by atoms with Gasteiger partial charge in [-0.3, -0.25) is 5.32 Å². The number of hydrogen-bond donors (Lipinski definition) is 2. The van der Waals surface area contributed by atoms with Gasteiger partial charge in [-0.05, 0) is 41.2 Å². The van der Waals surface area contributed by atoms with Gasteiger partial charge in [-0.15, -0.1) is 0 Å². The summed E-state index contributed by atoms with van der Waals surface area (Å²) in [5, 5.41) is 11.0. The molecule has 0 saturated heterocycles. The summed E-state index contributed by atoms with van der Waals surface area (Å²) in [7, 11) is 0. The third-order valence-corrected chi connectivity index (χ3v) is 2.78. The van der Waals surface area contributed by atoms with E-state index in [4.69, 9.17) is 5.11 Å². The summed E-state index contributed by atoms with van der Waals surface area (Å²) in [5.74, 6) is 0. The van der Waals surface area contributed by atoms with Crippen LogP contribution in [0.2, 0.25) is 0 Å². The van der Waals surface area contributed by atoms with Crippen LogP contribution in [-0.2, 0) is 0 Å². The molecule has 0 radical (unpaired) electrons. The van der Waals surface area contributed by atoms with Crippen LogP contribution >= 0.6 is 31.9 Å². The summed E-state index contributed by atoms with van der Waals surface area (Å²) in [6.45, 7) is 1.84. The minimum absolute atomic E-state index is 0.589. The number of carboxylic acid groups (broad SMARTS) is 1. The molecule has 0 aliphatic heterocycles. The Hall–Kier alpha value is -0.810. The van der Waals surface area contributed by atoms with Crippen molar-refractivity contribution in [2.75, 3.05) is 5.32 Å². The molecule has 0 aliphatic carbocycles. The zero-order chi connectivity index (χ0) is 11.4. The fourth-order valence-corrected chi connectivity index (χ4v) is 2.01. The maximum Gasteiger partial charge on any atom is 0.409 e. The first-order valence-corrected chi connectivity index (χ1v) is 5.82. The molecule has 1 rings (SSSR count). The van der Waals surface area contributed by atoms with Crippen molar-refractivity contribution in [1.29, 1.82) is 0 Å². The maximum absolute atomic E-state index is 10.5. The molecule has 0 aromatic heterocycles. The molecule has 0 aliphatic rings. The van der Waals surface area contributed by atoms with Crippen molar-refractivity contribution in [2.24, 2.45) is 0 Å². The number of carbonyl (C=O) groups is 1. The van der Waals surface area contributed by atoms with Crippen LogP contribution in [0.1, 0.15) is 11.1 Å². The number of hydrogen-bond acceptors (Lipinski definition) is 1. The molecule has 0 unspecified atom stereocenters. The second kappa shape index (κ2) is 5.32. The first kappa shape index (κ1) is 12.3. The monoisotopic (exact) mass is 333 g/mol. The lowest BCUT2D eigenvalue weighted by Crippen LogP contribution is -2.08. The Kier molecular flexibility index (Phi) is 4.35. The van der Waals surface area contributed by atoms with E-state index in [1.54, 1.807) is 11.1 Å². The topological polar surface area (TPSA) is 49.3 Å². The zero-order valence-corrected chi connectivity index (χ0v) is 11.1. The van der Waals surface area contributed by atoms with Gasteiger partial charge in [0.2, 0.25) is 0 Å². The molecule has 15 heavy (non-hydrogen) atoms. The van der Waals surface area contributed by atoms with E-state index in [2.05, 4.69) is 37.2 Å². The zero-order valence-electron chi connectivity index (χ0n) is 7.92. The molecular formula is C10H9Br2NO2. The molecule has 80 valence electrons. The van der Waals surface area contributed by atoms with E-state index in [9.17, 15) is 4.79 Å². The Morgan fingerprint density at radius 3 is 2.73 bits per heavy atom. The van der Waals surface area contributed by atoms with Crippen molar-refractivity contribution in [3.63, 3.8) is 0 Å². The van der Waals surface area contributed by atoms with Crippen LogP contribution in [0.3, 0.4) is 0 Å². The van der Waals surface area contributed by atoms with E-state index >= 15 is 0 Å². The van der Waals surface area contributed by atoms with Gasteiger partial charge in [0.15, 0.2) is 0 Å². The Bertz CT molecular complexity index is 416. The van der Waals surface area contributed by atoms with E-state index in [0.717, 1.165) is 15.6 Å². The molecule has 0 atom stereocenters. The molecule has 0 spiro atoms. The van der Waals surface area contributed by atoms with Crippen molar-refractivity contribution in [3.8, 4) is 0 Å². The number of benzene rings is 1. The molecule has 0 heterocycles. The first-order valence-electron chi connectivity index (χ1n) is 4.11. The smallest absolute Gasteiger partial charge is 0.409 e. The Balaban J connectivity index is 3.16. The minimum Gasteiger partial charge on any atom is -0.465 e. The summed E-state index contributed by atoms with van der Waals surface area (Å²) < 4.78 is 0.923. The van der Waals surface area contributed by atoms with Gasteiger partial charge in [0.1, 0.15) is 0 Å². The summed E-state index contributed by atoms with van der Waals surface area (Å²) in [6.07, 6.45) is 0.769. The number of nitrogens with one attached hydrogen (secondary N) is 1. The Morgan fingerprint density at radius 1 is 1.53 bits per heavy atom. The second-order valence-corrected chi connectivity index (χ2v) is 4.29. The first-order chi connectivity index (χ1) is 7.04. The quantitative estimate of drug-likeness (QED) is 0.851. The fourth-order valence-electron chi connectivity index (χ4n) is 1.13. The largest absolute Gasteiger partial charge is 0.465 e. The van der Waals surface area contributed by atoms with Gasteiger partial charge in [-0.1, -0.05) is 31.9 Å². The lowest BCUT2D eigenvalue weighted by Gasteiger charge is -2.08. The van der Waals surface area contributed by atoms with Gasteiger partial charge in [-0.25, -0.2) is 4.79 Å². The number of aryl methyl sites for hydroxylation is 1.